The number of nitrogens with one attached hydrogen (secondary N) is 1. The fourth-order valence-electron chi connectivity index (χ4n) is 2.34. The van der Waals surface area contributed by atoms with Gasteiger partial charge in [0.15, 0.2) is 0 Å². The summed E-state index contributed by atoms with van der Waals surface area (Å²) in [5.74, 6) is -1.53. The van der Waals surface area contributed by atoms with E-state index in [4.69, 9.17) is 5.73 Å². The maximum atomic E-state index is 12.8. The highest BCUT2D eigenvalue weighted by Gasteiger charge is 2.36. The molecule has 0 aliphatic rings. The second kappa shape index (κ2) is 6.58. The molecule has 0 aromatic carbocycles. The highest BCUT2D eigenvalue weighted by molar-refractivity contribution is 5.76. The van der Waals surface area contributed by atoms with E-state index in [-0.39, 0.29) is 18.1 Å². The van der Waals surface area contributed by atoms with Gasteiger partial charge in [-0.3, -0.25) is 4.79 Å². The molecule has 0 atom stereocenters. The molecular weight excluding hydrogens is 337 g/mol. The Morgan fingerprint density at radius 3 is 2.44 bits per heavy atom. The Hall–Kier alpha value is -2.23. The van der Waals surface area contributed by atoms with Crippen molar-refractivity contribution in [1.29, 1.82) is 0 Å². The largest absolute Gasteiger partial charge is 0.453 e. The number of amides is 1. The van der Waals surface area contributed by atoms with Gasteiger partial charge in [0.1, 0.15) is 0 Å². The maximum Gasteiger partial charge on any atom is 0.453 e. The van der Waals surface area contributed by atoms with Gasteiger partial charge in [0.25, 0.3) is 11.6 Å². The van der Waals surface area contributed by atoms with Crippen molar-refractivity contribution in [2.75, 3.05) is 6.54 Å². The molecule has 0 radical (unpaired) electrons. The minimum Gasteiger partial charge on any atom is -0.354 e. The van der Waals surface area contributed by atoms with Crippen LogP contribution in [0.3, 0.4) is 0 Å². The predicted molar refractivity (Wildman–Crippen MR) is 84.9 cm³/mol. The summed E-state index contributed by atoms with van der Waals surface area (Å²) in [5, 5.41) is 6.21. The van der Waals surface area contributed by atoms with Crippen LogP contribution in [0, 0.1) is 13.8 Å². The number of hydrogen-bond acceptors (Lipinski definition) is 5. The predicted octanol–water partition coefficient (Wildman–Crippen LogP) is 1.55. The zero-order valence-electron chi connectivity index (χ0n) is 14.5. The monoisotopic (exact) mass is 358 g/mol. The molecule has 7 nitrogen and oxygen atoms in total. The van der Waals surface area contributed by atoms with Gasteiger partial charge >= 0.3 is 6.18 Å². The van der Waals surface area contributed by atoms with Crippen molar-refractivity contribution < 1.29 is 18.0 Å². The highest BCUT2D eigenvalue weighted by Crippen LogP contribution is 2.27. The fraction of sp³-hybridized carbons (Fsp3) is 0.600. The summed E-state index contributed by atoms with van der Waals surface area (Å²) >= 11 is 0. The smallest absolute Gasteiger partial charge is 0.354 e. The summed E-state index contributed by atoms with van der Waals surface area (Å²) in [6.45, 7) is 7.22. The maximum absolute atomic E-state index is 12.8. The number of aromatic nitrogens is 4. The van der Waals surface area contributed by atoms with E-state index in [0.717, 1.165) is 4.52 Å². The average Bonchev–Trinajstić information content (AvgIpc) is 2.88. The number of aryl methyl sites for hydroxylation is 2. The molecule has 2 rings (SSSR count). The molecule has 0 saturated heterocycles. The van der Waals surface area contributed by atoms with Crippen LogP contribution >= 0.6 is 0 Å². The zero-order valence-corrected chi connectivity index (χ0v) is 14.5. The Bertz CT molecular complexity index is 791. The lowest BCUT2D eigenvalue weighted by Gasteiger charge is -2.19. The first-order chi connectivity index (χ1) is 11.4. The zero-order chi connectivity index (χ0) is 19.0. The van der Waals surface area contributed by atoms with Crippen molar-refractivity contribution in [3.63, 3.8) is 0 Å². The van der Waals surface area contributed by atoms with E-state index >= 15 is 0 Å². The molecule has 0 aliphatic carbocycles. The Labute approximate surface area is 142 Å². The quantitative estimate of drug-likeness (QED) is 0.845. The highest BCUT2D eigenvalue weighted by atomic mass is 19.4. The van der Waals surface area contributed by atoms with Crippen LogP contribution in [0.25, 0.3) is 5.78 Å². The van der Waals surface area contributed by atoms with Crippen LogP contribution in [0.5, 0.6) is 0 Å². The number of fused-ring (bicyclic) bond motifs is 1. The Kier molecular flexibility index (Phi) is 5.03. The first kappa shape index (κ1) is 19.1. The summed E-state index contributed by atoms with van der Waals surface area (Å²) in [6, 6.07) is 0. The molecule has 0 aliphatic heterocycles. The molecule has 0 fully saturated rings. The standard InChI is InChI=1S/C15H21F3N6O/c1-8-10(5-6-11(25)20-7-14(3,4)19)9(2)24-13(21-8)22-12(23-24)15(16,17)18/h5-7,19H2,1-4H3,(H,20,25). The lowest BCUT2D eigenvalue weighted by Crippen LogP contribution is -2.45. The number of carbonyl (C=O) groups excluding carboxylic acids is 1. The third-order valence-electron chi connectivity index (χ3n) is 3.65. The average molecular weight is 358 g/mol. The number of nitrogens with zero attached hydrogens (tertiary/aromatic N) is 4. The van der Waals surface area contributed by atoms with Crippen LogP contribution in [0.15, 0.2) is 0 Å². The van der Waals surface area contributed by atoms with Crippen molar-refractivity contribution in [2.24, 2.45) is 5.73 Å². The van der Waals surface area contributed by atoms with Gasteiger partial charge in [-0.05, 0) is 39.7 Å². The van der Waals surface area contributed by atoms with Crippen LogP contribution in [-0.4, -0.2) is 37.6 Å². The molecule has 2 heterocycles. The summed E-state index contributed by atoms with van der Waals surface area (Å²) < 4.78 is 39.4. The van der Waals surface area contributed by atoms with Gasteiger partial charge in [-0.1, -0.05) is 0 Å². The Morgan fingerprint density at radius 2 is 1.88 bits per heavy atom. The van der Waals surface area contributed by atoms with Gasteiger partial charge in [0.05, 0.1) is 0 Å². The Balaban J connectivity index is 2.20. The van der Waals surface area contributed by atoms with Crippen LogP contribution < -0.4 is 11.1 Å². The number of rotatable bonds is 5. The first-order valence-corrected chi connectivity index (χ1v) is 7.74. The third kappa shape index (κ3) is 4.65. The van der Waals surface area contributed by atoms with Crippen molar-refractivity contribution in [3.05, 3.63) is 22.8 Å². The van der Waals surface area contributed by atoms with Crippen LogP contribution in [0.4, 0.5) is 13.2 Å². The SMILES string of the molecule is Cc1nc2nc(C(F)(F)F)nn2c(C)c1CCC(=O)NCC(C)(C)N. The number of nitrogens with two attached hydrogens (primary N) is 1. The topological polar surface area (TPSA) is 98.2 Å². The van der Waals surface area contributed by atoms with Crippen molar-refractivity contribution >= 4 is 11.7 Å². The summed E-state index contributed by atoms with van der Waals surface area (Å²) in [6.07, 6.45) is -4.13. The number of alkyl halides is 3. The molecular formula is C15H21F3N6O. The number of halogens is 3. The van der Waals surface area contributed by atoms with Crippen molar-refractivity contribution in [2.45, 2.75) is 52.3 Å². The molecule has 0 bridgehead atoms. The summed E-state index contributed by atoms with van der Waals surface area (Å²) in [5.41, 5.74) is 6.97. The van der Waals surface area contributed by atoms with Gasteiger partial charge in [-0.2, -0.15) is 18.2 Å². The normalized spacial score (nSPS) is 12.6. The lowest BCUT2D eigenvalue weighted by molar-refractivity contribution is -0.144. The van der Waals surface area contributed by atoms with Gasteiger partial charge in [-0.15, -0.1) is 5.10 Å². The minimum absolute atomic E-state index is 0.111. The van der Waals surface area contributed by atoms with E-state index in [0.29, 0.717) is 29.9 Å². The van der Waals surface area contributed by atoms with Gasteiger partial charge in [-0.25, -0.2) is 9.50 Å². The van der Waals surface area contributed by atoms with E-state index in [2.05, 4.69) is 20.4 Å². The first-order valence-electron chi connectivity index (χ1n) is 7.74. The lowest BCUT2D eigenvalue weighted by atomic mass is 10.1. The van der Waals surface area contributed by atoms with E-state index in [1.165, 1.54) is 0 Å². The molecule has 3 N–H and O–H groups in total. The van der Waals surface area contributed by atoms with Gasteiger partial charge < -0.3 is 11.1 Å². The molecule has 2 aromatic heterocycles. The molecule has 0 unspecified atom stereocenters. The molecule has 2 aromatic rings. The van der Waals surface area contributed by atoms with Crippen LogP contribution in [0.1, 0.15) is 43.0 Å². The number of hydrogen-bond donors (Lipinski definition) is 2. The van der Waals surface area contributed by atoms with E-state index in [1.54, 1.807) is 27.7 Å². The molecule has 0 spiro atoms. The minimum atomic E-state index is -4.64. The third-order valence-corrected chi connectivity index (χ3v) is 3.65. The molecule has 0 saturated carbocycles. The van der Waals surface area contributed by atoms with Crippen molar-refractivity contribution in [3.8, 4) is 0 Å². The molecule has 1 amide bonds. The second-order valence-electron chi connectivity index (χ2n) is 6.67. The van der Waals surface area contributed by atoms with Gasteiger partial charge in [0, 0.05) is 29.9 Å². The van der Waals surface area contributed by atoms with E-state index in [9.17, 15) is 18.0 Å². The van der Waals surface area contributed by atoms with E-state index < -0.39 is 17.5 Å². The Morgan fingerprint density at radius 1 is 1.24 bits per heavy atom. The number of carbonyl (C=O) groups is 1. The molecule has 138 valence electrons. The van der Waals surface area contributed by atoms with Crippen molar-refractivity contribution in [1.82, 2.24) is 24.9 Å². The van der Waals surface area contributed by atoms with Crippen LogP contribution in [0.2, 0.25) is 0 Å². The molecule has 25 heavy (non-hydrogen) atoms. The van der Waals surface area contributed by atoms with Crippen LogP contribution in [-0.2, 0) is 17.4 Å². The summed E-state index contributed by atoms with van der Waals surface area (Å²) in [7, 11) is 0. The van der Waals surface area contributed by atoms with Gasteiger partial charge in [0.2, 0.25) is 5.91 Å². The van der Waals surface area contributed by atoms with E-state index in [1.807, 2.05) is 0 Å². The fourth-order valence-corrected chi connectivity index (χ4v) is 2.34. The second-order valence-corrected chi connectivity index (χ2v) is 6.67. The molecule has 10 heteroatoms. The summed E-state index contributed by atoms with van der Waals surface area (Å²) in [4.78, 5) is 19.4.